The summed E-state index contributed by atoms with van der Waals surface area (Å²) in [7, 11) is -2.24. The van der Waals surface area contributed by atoms with Gasteiger partial charge in [-0.25, -0.2) is 8.42 Å². The minimum absolute atomic E-state index is 0.0869. The van der Waals surface area contributed by atoms with Crippen LogP contribution in [0.4, 0.5) is 0 Å². The Morgan fingerprint density at radius 3 is 2.61 bits per heavy atom. The maximum Gasteiger partial charge on any atom is 0.187 e. The molecule has 2 heterocycles. The Balaban J connectivity index is 1.66. The van der Waals surface area contributed by atoms with Gasteiger partial charge in [-0.05, 0) is 19.1 Å². The Morgan fingerprint density at radius 1 is 1.13 bits per heavy atom. The van der Waals surface area contributed by atoms with E-state index >= 15 is 0 Å². The van der Waals surface area contributed by atoms with E-state index in [1.54, 1.807) is 38.4 Å². The largest absolute Gasteiger partial charge is 0.496 e. The van der Waals surface area contributed by atoms with Crippen molar-refractivity contribution in [2.75, 3.05) is 12.9 Å². The topological polar surface area (TPSA) is 91.4 Å². The van der Waals surface area contributed by atoms with Crippen molar-refractivity contribution < 1.29 is 22.5 Å². The molecule has 0 bridgehead atoms. The molecule has 8 heteroatoms. The molecule has 7 nitrogen and oxygen atoms in total. The Hall–Kier alpha value is -3.39. The number of para-hydroxylation sites is 2. The van der Waals surface area contributed by atoms with Crippen molar-refractivity contribution in [2.24, 2.45) is 0 Å². The maximum absolute atomic E-state index is 13.1. The monoisotopic (exact) mass is 438 g/mol. The maximum atomic E-state index is 13.1. The van der Waals surface area contributed by atoms with Crippen molar-refractivity contribution >= 4 is 26.5 Å². The van der Waals surface area contributed by atoms with E-state index in [0.717, 1.165) is 16.8 Å². The molecule has 160 valence electrons. The van der Waals surface area contributed by atoms with E-state index in [2.05, 4.69) is 5.16 Å². The number of rotatable bonds is 8. The number of hydrogen-bond donors (Lipinski definition) is 0. The normalized spacial score (nSPS) is 11.7. The third kappa shape index (κ3) is 4.39. The van der Waals surface area contributed by atoms with Crippen molar-refractivity contribution in [3.05, 3.63) is 77.8 Å². The van der Waals surface area contributed by atoms with E-state index in [9.17, 15) is 13.2 Å². The number of fused-ring (bicyclic) bond motifs is 1. The second-order valence-electron chi connectivity index (χ2n) is 7.35. The highest BCUT2D eigenvalue weighted by molar-refractivity contribution is 7.92. The Bertz CT molecular complexity index is 1350. The lowest BCUT2D eigenvalue weighted by Crippen LogP contribution is -2.18. The van der Waals surface area contributed by atoms with Gasteiger partial charge in [-0.1, -0.05) is 41.6 Å². The second kappa shape index (κ2) is 8.39. The van der Waals surface area contributed by atoms with Crippen LogP contribution in [-0.4, -0.2) is 36.8 Å². The van der Waals surface area contributed by atoms with Crippen LogP contribution >= 0.6 is 0 Å². The summed E-state index contributed by atoms with van der Waals surface area (Å²) in [6.45, 7) is 2.15. The summed E-state index contributed by atoms with van der Waals surface area (Å²) in [5.41, 5.74) is 2.12. The number of aryl methyl sites for hydroxylation is 1. The summed E-state index contributed by atoms with van der Waals surface area (Å²) in [5, 5.41) is 4.35. The molecule has 2 aromatic heterocycles. The van der Waals surface area contributed by atoms with Crippen molar-refractivity contribution in [3.8, 4) is 5.75 Å². The summed E-state index contributed by atoms with van der Waals surface area (Å²) in [5.74, 6) is 0.268. The number of hydrogen-bond acceptors (Lipinski definition) is 6. The van der Waals surface area contributed by atoms with Crippen LogP contribution in [0.3, 0.4) is 0 Å². The van der Waals surface area contributed by atoms with Gasteiger partial charge in [0, 0.05) is 28.7 Å². The molecule has 0 spiro atoms. The minimum Gasteiger partial charge on any atom is -0.496 e. The highest BCUT2D eigenvalue weighted by atomic mass is 32.2. The third-order valence-electron chi connectivity index (χ3n) is 5.03. The fraction of sp³-hybridized carbons (Fsp3) is 0.217. The Kier molecular flexibility index (Phi) is 5.65. The fourth-order valence-corrected chi connectivity index (χ4v) is 5.13. The van der Waals surface area contributed by atoms with Gasteiger partial charge in [0.25, 0.3) is 0 Å². The molecule has 0 aliphatic rings. The van der Waals surface area contributed by atoms with Crippen LogP contribution in [-0.2, 0) is 27.6 Å². The van der Waals surface area contributed by atoms with Gasteiger partial charge >= 0.3 is 0 Å². The van der Waals surface area contributed by atoms with E-state index < -0.39 is 21.4 Å². The molecule has 0 unspecified atom stereocenters. The van der Waals surface area contributed by atoms with Crippen molar-refractivity contribution in [2.45, 2.75) is 24.8 Å². The van der Waals surface area contributed by atoms with Gasteiger partial charge in [0.05, 0.1) is 30.7 Å². The van der Waals surface area contributed by atoms with Crippen molar-refractivity contribution in [1.82, 2.24) is 9.72 Å². The quantitative estimate of drug-likeness (QED) is 0.418. The molecular weight excluding hydrogens is 416 g/mol. The SMILES string of the molecule is COc1ccccc1Cn1cc(S(=O)(=O)CC(=O)Cc2cc(C)on2)c2ccccc21. The van der Waals surface area contributed by atoms with E-state index in [0.29, 0.717) is 23.4 Å². The highest BCUT2D eigenvalue weighted by Gasteiger charge is 2.25. The first-order chi connectivity index (χ1) is 14.9. The molecule has 0 saturated carbocycles. The van der Waals surface area contributed by atoms with Crippen LogP contribution in [0.25, 0.3) is 10.9 Å². The number of nitrogens with zero attached hydrogens (tertiary/aromatic N) is 2. The average Bonchev–Trinajstić information content (AvgIpc) is 3.32. The number of Topliss-reactive ketones (excluding diaryl/α,β-unsaturated/α-hetero) is 1. The molecule has 0 aliphatic heterocycles. The first-order valence-electron chi connectivity index (χ1n) is 9.74. The van der Waals surface area contributed by atoms with Gasteiger partial charge in [0.15, 0.2) is 15.6 Å². The van der Waals surface area contributed by atoms with Crippen LogP contribution in [0.1, 0.15) is 17.0 Å². The summed E-state index contributed by atoms with van der Waals surface area (Å²) in [4.78, 5) is 12.6. The van der Waals surface area contributed by atoms with Gasteiger partial charge in [-0.2, -0.15) is 0 Å². The number of methoxy groups -OCH3 is 1. The van der Waals surface area contributed by atoms with Crippen LogP contribution in [0, 0.1) is 6.92 Å². The third-order valence-corrected chi connectivity index (χ3v) is 6.72. The van der Waals surface area contributed by atoms with Crippen molar-refractivity contribution in [3.63, 3.8) is 0 Å². The molecular formula is C23H22N2O5S. The van der Waals surface area contributed by atoms with Gasteiger partial charge in [0.2, 0.25) is 0 Å². The van der Waals surface area contributed by atoms with E-state index in [4.69, 9.17) is 9.26 Å². The lowest BCUT2D eigenvalue weighted by molar-refractivity contribution is -0.116. The van der Waals surface area contributed by atoms with Crippen LogP contribution in [0.5, 0.6) is 5.75 Å². The van der Waals surface area contributed by atoms with Crippen LogP contribution in [0.2, 0.25) is 0 Å². The first-order valence-corrected chi connectivity index (χ1v) is 11.4. The van der Waals surface area contributed by atoms with Gasteiger partial charge in [-0.3, -0.25) is 4.79 Å². The predicted octanol–water partition coefficient (Wildman–Crippen LogP) is 3.58. The number of carbonyl (C=O) groups excluding carboxylic acids is 1. The van der Waals surface area contributed by atoms with E-state index in [1.165, 1.54) is 0 Å². The number of benzene rings is 2. The van der Waals surface area contributed by atoms with Gasteiger partial charge < -0.3 is 13.8 Å². The summed E-state index contributed by atoms with van der Waals surface area (Å²) >= 11 is 0. The average molecular weight is 439 g/mol. The van der Waals surface area contributed by atoms with E-state index in [-0.39, 0.29) is 11.3 Å². The molecule has 4 aromatic rings. The zero-order chi connectivity index (χ0) is 22.0. The molecule has 0 N–H and O–H groups in total. The molecule has 0 aliphatic carbocycles. The molecule has 0 saturated heterocycles. The van der Waals surface area contributed by atoms with Crippen LogP contribution in [0.15, 0.2) is 70.2 Å². The predicted molar refractivity (Wildman–Crippen MR) is 116 cm³/mol. The zero-order valence-corrected chi connectivity index (χ0v) is 18.1. The summed E-state index contributed by atoms with van der Waals surface area (Å²) in [6.07, 6.45) is 1.51. The number of aromatic nitrogens is 2. The number of carbonyl (C=O) groups is 1. The molecule has 4 rings (SSSR count). The smallest absolute Gasteiger partial charge is 0.187 e. The molecule has 0 amide bonds. The molecule has 31 heavy (non-hydrogen) atoms. The Labute approximate surface area is 180 Å². The lowest BCUT2D eigenvalue weighted by atomic mass is 10.2. The highest BCUT2D eigenvalue weighted by Crippen LogP contribution is 2.29. The number of ketones is 1. The summed E-state index contributed by atoms with van der Waals surface area (Å²) in [6, 6.07) is 16.5. The summed E-state index contributed by atoms with van der Waals surface area (Å²) < 4.78 is 38.5. The van der Waals surface area contributed by atoms with Gasteiger partial charge in [0.1, 0.15) is 17.3 Å². The number of ether oxygens (including phenoxy) is 1. The standard InChI is InChI=1S/C23H22N2O5S/c1-16-11-18(24-30-16)12-19(26)15-31(27,28)23-14-25(21-9-5-4-8-20(21)23)13-17-7-3-6-10-22(17)29-2/h3-11,14H,12-13,15H2,1-2H3. The second-order valence-corrected chi connectivity index (χ2v) is 9.31. The zero-order valence-electron chi connectivity index (χ0n) is 17.2. The number of sulfone groups is 1. The Morgan fingerprint density at radius 2 is 1.87 bits per heavy atom. The molecule has 0 atom stereocenters. The fourth-order valence-electron chi connectivity index (χ4n) is 3.65. The van der Waals surface area contributed by atoms with Crippen molar-refractivity contribution in [1.29, 1.82) is 0 Å². The molecule has 2 aromatic carbocycles. The van der Waals surface area contributed by atoms with E-state index in [1.807, 2.05) is 41.0 Å². The van der Waals surface area contributed by atoms with Crippen LogP contribution < -0.4 is 4.74 Å². The molecule has 0 fully saturated rings. The lowest BCUT2D eigenvalue weighted by Gasteiger charge is -2.10. The molecule has 0 radical (unpaired) electrons. The minimum atomic E-state index is -3.85. The van der Waals surface area contributed by atoms with Gasteiger partial charge in [-0.15, -0.1) is 0 Å². The first kappa shape index (κ1) is 20.9.